The number of nitrogens with one attached hydrogen (secondary N) is 2. The fourth-order valence-electron chi connectivity index (χ4n) is 2.96. The van der Waals surface area contributed by atoms with E-state index in [1.54, 1.807) is 28.8 Å². The Morgan fingerprint density at radius 2 is 1.84 bits per heavy atom. The van der Waals surface area contributed by atoms with Gasteiger partial charge >= 0.3 is 12.1 Å². The molecule has 0 saturated carbocycles. The van der Waals surface area contributed by atoms with Crippen LogP contribution in [0.2, 0.25) is 10.0 Å². The number of carbonyl (C=O) groups is 1. The molecular formula is C23H19Cl2F3N8O2. The minimum Gasteiger partial charge on any atom is -0.475 e. The van der Waals surface area contributed by atoms with E-state index in [4.69, 9.17) is 43.3 Å². The van der Waals surface area contributed by atoms with Crippen molar-refractivity contribution in [1.82, 2.24) is 24.6 Å². The van der Waals surface area contributed by atoms with Gasteiger partial charge in [0.2, 0.25) is 5.95 Å². The Kier molecular flexibility index (Phi) is 9.27. The summed E-state index contributed by atoms with van der Waals surface area (Å²) in [6.07, 6.45) is -2.84. The van der Waals surface area contributed by atoms with Gasteiger partial charge in [0.1, 0.15) is 11.9 Å². The van der Waals surface area contributed by atoms with Gasteiger partial charge in [0.25, 0.3) is 0 Å². The Balaban J connectivity index is 0.000000505. The number of nitriles is 1. The highest BCUT2D eigenvalue weighted by atomic mass is 35.5. The summed E-state index contributed by atoms with van der Waals surface area (Å²) in [5.74, 6) is -0.786. The highest BCUT2D eigenvalue weighted by molar-refractivity contribution is 6.36. The zero-order valence-electron chi connectivity index (χ0n) is 19.6. The summed E-state index contributed by atoms with van der Waals surface area (Å²) < 4.78 is 33.4. The first kappa shape index (κ1) is 28.4. The minimum absolute atomic E-state index is 0.513. The van der Waals surface area contributed by atoms with Crippen molar-refractivity contribution in [3.8, 4) is 17.3 Å². The molecular weight excluding hydrogens is 548 g/mol. The summed E-state index contributed by atoms with van der Waals surface area (Å²) in [4.78, 5) is 22.4. The zero-order chi connectivity index (χ0) is 27.9. The smallest absolute Gasteiger partial charge is 0.475 e. The van der Waals surface area contributed by atoms with Crippen LogP contribution >= 0.6 is 23.2 Å². The predicted octanol–water partition coefficient (Wildman–Crippen LogP) is 5.08. The summed E-state index contributed by atoms with van der Waals surface area (Å²) in [6, 6.07) is 12.7. The Labute approximate surface area is 224 Å². The second kappa shape index (κ2) is 12.4. The lowest BCUT2D eigenvalue weighted by atomic mass is 10.1. The fourth-order valence-corrected chi connectivity index (χ4v) is 3.47. The van der Waals surface area contributed by atoms with Crippen molar-refractivity contribution in [3.63, 3.8) is 0 Å². The summed E-state index contributed by atoms with van der Waals surface area (Å²) in [5.41, 5.74) is 2.63. The molecule has 0 aliphatic heterocycles. The fraction of sp³-hybridized carbons (Fsp3) is 0.217. The lowest BCUT2D eigenvalue weighted by molar-refractivity contribution is -0.192. The normalized spacial score (nSPS) is 10.9. The lowest BCUT2D eigenvalue weighted by Gasteiger charge is -2.11. The number of nitrogens with zero attached hydrogens (tertiary/aromatic N) is 6. The molecule has 3 aromatic heterocycles. The van der Waals surface area contributed by atoms with Crippen LogP contribution in [0.25, 0.3) is 16.9 Å². The van der Waals surface area contributed by atoms with E-state index in [1.807, 2.05) is 25.1 Å². The van der Waals surface area contributed by atoms with E-state index in [0.29, 0.717) is 58.2 Å². The molecule has 0 amide bonds. The van der Waals surface area contributed by atoms with Crippen LogP contribution in [0.5, 0.6) is 0 Å². The molecule has 4 aromatic rings. The third-order valence-corrected chi connectivity index (χ3v) is 5.29. The zero-order valence-corrected chi connectivity index (χ0v) is 21.1. The average molecular weight is 567 g/mol. The first-order valence-corrected chi connectivity index (χ1v) is 11.6. The number of aliphatic carboxylic acids is 1. The number of pyridine rings is 1. The van der Waals surface area contributed by atoms with Crippen LogP contribution in [0.15, 0.2) is 42.6 Å². The standard InChI is InChI=1S/C21H18Cl2N8.C2HF3O2/c1-2-18-29-20-10-17(15-5-4-14(22)9-16(15)23)28-21(31(20)30-18)26-8-7-25-19-6-3-13(11-24)12-27-19;3-2(4,5)1(6)7/h3-6,9-10,12H,2,7-8H2,1H3,(H,25,27)(H,26,28);(H,6,7). The van der Waals surface area contributed by atoms with Crippen molar-refractivity contribution < 1.29 is 23.1 Å². The number of hydrogen-bond donors (Lipinski definition) is 3. The molecule has 38 heavy (non-hydrogen) atoms. The van der Waals surface area contributed by atoms with E-state index < -0.39 is 12.1 Å². The summed E-state index contributed by atoms with van der Waals surface area (Å²) in [7, 11) is 0. The predicted molar refractivity (Wildman–Crippen MR) is 135 cm³/mol. The van der Waals surface area contributed by atoms with E-state index in [-0.39, 0.29) is 0 Å². The number of aryl methyl sites for hydroxylation is 1. The molecule has 0 radical (unpaired) electrons. The molecule has 0 atom stereocenters. The van der Waals surface area contributed by atoms with Gasteiger partial charge in [-0.05, 0) is 30.3 Å². The van der Waals surface area contributed by atoms with Gasteiger partial charge in [-0.1, -0.05) is 30.1 Å². The van der Waals surface area contributed by atoms with Crippen LogP contribution < -0.4 is 10.6 Å². The van der Waals surface area contributed by atoms with Crippen molar-refractivity contribution in [2.24, 2.45) is 0 Å². The van der Waals surface area contributed by atoms with Gasteiger partial charge in [-0.15, -0.1) is 5.10 Å². The second-order valence-electron chi connectivity index (χ2n) is 7.44. The van der Waals surface area contributed by atoms with Crippen LogP contribution in [-0.4, -0.2) is 54.9 Å². The Morgan fingerprint density at radius 3 is 2.42 bits per heavy atom. The lowest BCUT2D eigenvalue weighted by Crippen LogP contribution is -2.21. The van der Waals surface area contributed by atoms with E-state index in [2.05, 4.69) is 25.7 Å². The number of rotatable bonds is 7. The molecule has 198 valence electrons. The van der Waals surface area contributed by atoms with Crippen molar-refractivity contribution in [1.29, 1.82) is 5.26 Å². The highest BCUT2D eigenvalue weighted by Gasteiger charge is 2.38. The largest absolute Gasteiger partial charge is 0.490 e. The molecule has 0 bridgehead atoms. The molecule has 3 heterocycles. The third-order valence-electron chi connectivity index (χ3n) is 4.74. The van der Waals surface area contributed by atoms with Gasteiger partial charge in [-0.25, -0.2) is 19.7 Å². The van der Waals surface area contributed by atoms with E-state index in [1.165, 1.54) is 6.20 Å². The molecule has 4 rings (SSSR count). The number of halogens is 5. The molecule has 0 unspecified atom stereocenters. The van der Waals surface area contributed by atoms with E-state index >= 15 is 0 Å². The number of benzene rings is 1. The average Bonchev–Trinajstić information content (AvgIpc) is 3.30. The summed E-state index contributed by atoms with van der Waals surface area (Å²) in [6.45, 7) is 3.15. The van der Waals surface area contributed by atoms with Gasteiger partial charge in [0.05, 0.1) is 16.3 Å². The van der Waals surface area contributed by atoms with Gasteiger partial charge in [-0.2, -0.15) is 22.9 Å². The first-order valence-electron chi connectivity index (χ1n) is 10.9. The number of aromatic nitrogens is 5. The third kappa shape index (κ3) is 7.44. The Bertz CT molecular complexity index is 1470. The van der Waals surface area contributed by atoms with Gasteiger partial charge in [0.15, 0.2) is 11.5 Å². The van der Waals surface area contributed by atoms with Gasteiger partial charge in [0, 0.05) is 42.4 Å². The van der Waals surface area contributed by atoms with Gasteiger partial charge in [-0.3, -0.25) is 0 Å². The maximum atomic E-state index is 10.6. The van der Waals surface area contributed by atoms with E-state index in [9.17, 15) is 13.2 Å². The molecule has 0 spiro atoms. The van der Waals surface area contributed by atoms with Crippen molar-refractivity contribution in [3.05, 3.63) is 64.0 Å². The monoisotopic (exact) mass is 566 g/mol. The van der Waals surface area contributed by atoms with E-state index in [0.717, 1.165) is 11.4 Å². The SMILES string of the molecule is CCc1nc2cc(-c3ccc(Cl)cc3Cl)nc(NCCNc3ccc(C#N)cn3)n2n1.O=C(O)C(F)(F)F. The van der Waals surface area contributed by atoms with Crippen LogP contribution in [0, 0.1) is 11.3 Å². The van der Waals surface area contributed by atoms with Crippen molar-refractivity contribution >= 4 is 46.6 Å². The first-order chi connectivity index (χ1) is 18.0. The molecule has 1 aromatic carbocycles. The second-order valence-corrected chi connectivity index (χ2v) is 8.28. The number of carboxylic acids is 1. The molecule has 0 aliphatic rings. The van der Waals surface area contributed by atoms with Gasteiger partial charge < -0.3 is 15.7 Å². The number of anilines is 2. The highest BCUT2D eigenvalue weighted by Crippen LogP contribution is 2.30. The van der Waals surface area contributed by atoms with Crippen molar-refractivity contribution in [2.45, 2.75) is 19.5 Å². The molecule has 10 nitrogen and oxygen atoms in total. The quantitative estimate of drug-likeness (QED) is 0.261. The topological polar surface area (TPSA) is 141 Å². The Morgan fingerprint density at radius 1 is 1.13 bits per heavy atom. The number of fused-ring (bicyclic) bond motifs is 1. The van der Waals surface area contributed by atoms with Crippen molar-refractivity contribution in [2.75, 3.05) is 23.7 Å². The van der Waals surface area contributed by atoms with Crippen LogP contribution in [0.4, 0.5) is 24.9 Å². The Hall–Kier alpha value is -4.15. The number of carboxylic acid groups (broad SMARTS) is 1. The van der Waals surface area contributed by atoms with Crippen LogP contribution in [0.1, 0.15) is 18.3 Å². The molecule has 15 heteroatoms. The maximum Gasteiger partial charge on any atom is 0.490 e. The minimum atomic E-state index is -5.08. The maximum absolute atomic E-state index is 10.6. The number of hydrogen-bond acceptors (Lipinski definition) is 8. The molecule has 3 N–H and O–H groups in total. The molecule has 0 aliphatic carbocycles. The molecule has 0 saturated heterocycles. The summed E-state index contributed by atoms with van der Waals surface area (Å²) in [5, 5.41) is 28.1. The molecule has 0 fully saturated rings. The van der Waals surface area contributed by atoms with Crippen LogP contribution in [0.3, 0.4) is 0 Å². The number of alkyl halides is 3. The van der Waals surface area contributed by atoms with Crippen LogP contribution in [-0.2, 0) is 11.2 Å². The summed E-state index contributed by atoms with van der Waals surface area (Å²) >= 11 is 12.4.